The number of fused-ring (bicyclic) bond motifs is 1. The molecule has 0 bridgehead atoms. The Labute approximate surface area is 91.7 Å². The van der Waals surface area contributed by atoms with Crippen molar-refractivity contribution in [3.05, 3.63) is 12.7 Å². The smallest absolute Gasteiger partial charge is 0.158 e. The summed E-state index contributed by atoms with van der Waals surface area (Å²) >= 11 is 0. The highest BCUT2D eigenvalue weighted by Crippen LogP contribution is 2.66. The van der Waals surface area contributed by atoms with Crippen molar-refractivity contribution >= 4 is 5.78 Å². The summed E-state index contributed by atoms with van der Waals surface area (Å²) in [6.07, 6.45) is 5.35. The van der Waals surface area contributed by atoms with E-state index in [9.17, 15) is 4.79 Å². The van der Waals surface area contributed by atoms with Gasteiger partial charge in [0.25, 0.3) is 0 Å². The summed E-state index contributed by atoms with van der Waals surface area (Å²) in [7, 11) is 0. The average Bonchev–Trinajstić information content (AvgIpc) is 2.73. The molecular formula is C13H20O2. The van der Waals surface area contributed by atoms with Gasteiger partial charge >= 0.3 is 0 Å². The Morgan fingerprint density at radius 1 is 1.40 bits per heavy atom. The molecule has 0 aromatic heterocycles. The van der Waals surface area contributed by atoms with Gasteiger partial charge in [-0.05, 0) is 37.7 Å². The molecule has 1 aliphatic carbocycles. The number of hydrogen-bond acceptors (Lipinski definition) is 2. The lowest BCUT2D eigenvalue weighted by atomic mass is 9.62. The third-order valence-electron chi connectivity index (χ3n) is 4.41. The molecule has 2 rings (SSSR count). The number of rotatable bonds is 3. The van der Waals surface area contributed by atoms with Gasteiger partial charge in [-0.1, -0.05) is 20.4 Å². The number of carbonyl (C=O) groups is 1. The van der Waals surface area contributed by atoms with E-state index in [2.05, 4.69) is 27.4 Å². The minimum atomic E-state index is -0.219. The van der Waals surface area contributed by atoms with Gasteiger partial charge in [-0.15, -0.1) is 0 Å². The molecule has 0 aromatic carbocycles. The van der Waals surface area contributed by atoms with Gasteiger partial charge in [0.1, 0.15) is 5.60 Å². The average molecular weight is 208 g/mol. The van der Waals surface area contributed by atoms with Crippen LogP contribution in [0.5, 0.6) is 0 Å². The van der Waals surface area contributed by atoms with Gasteiger partial charge in [-0.25, -0.2) is 0 Å². The Kier molecular flexibility index (Phi) is 2.13. The van der Waals surface area contributed by atoms with Crippen LogP contribution in [-0.2, 0) is 9.53 Å². The van der Waals surface area contributed by atoms with E-state index in [-0.39, 0.29) is 22.4 Å². The quantitative estimate of drug-likeness (QED) is 0.527. The van der Waals surface area contributed by atoms with Crippen molar-refractivity contribution in [2.75, 3.05) is 0 Å². The lowest BCUT2D eigenvalue weighted by Crippen LogP contribution is -2.43. The highest BCUT2D eigenvalue weighted by Gasteiger charge is 2.74. The molecule has 0 radical (unpaired) electrons. The van der Waals surface area contributed by atoms with Crippen LogP contribution in [0.1, 0.15) is 46.5 Å². The van der Waals surface area contributed by atoms with Crippen molar-refractivity contribution in [2.24, 2.45) is 5.41 Å². The van der Waals surface area contributed by atoms with Crippen molar-refractivity contribution in [1.82, 2.24) is 0 Å². The second-order valence-corrected chi connectivity index (χ2v) is 5.74. The van der Waals surface area contributed by atoms with E-state index in [0.29, 0.717) is 6.42 Å². The summed E-state index contributed by atoms with van der Waals surface area (Å²) in [5.41, 5.74) is -0.171. The molecule has 1 aliphatic heterocycles. The zero-order valence-corrected chi connectivity index (χ0v) is 9.93. The van der Waals surface area contributed by atoms with Gasteiger partial charge in [0.15, 0.2) is 5.78 Å². The number of carbonyl (C=O) groups excluding carboxylic acids is 1. The van der Waals surface area contributed by atoms with Crippen molar-refractivity contribution < 1.29 is 9.53 Å². The monoisotopic (exact) mass is 208 g/mol. The van der Waals surface area contributed by atoms with Crippen LogP contribution in [0.2, 0.25) is 0 Å². The van der Waals surface area contributed by atoms with Gasteiger partial charge in [-0.3, -0.25) is 4.79 Å². The van der Waals surface area contributed by atoms with Crippen LogP contribution in [0, 0.1) is 5.41 Å². The third kappa shape index (κ3) is 1.31. The molecule has 0 spiro atoms. The summed E-state index contributed by atoms with van der Waals surface area (Å²) in [6, 6.07) is 0. The molecule has 2 unspecified atom stereocenters. The maximum absolute atomic E-state index is 11.5. The molecule has 2 fully saturated rings. The largest absolute Gasteiger partial charge is 0.362 e. The SMILES string of the molecule is C=CC(=O)CC12OC1(C)CCCC2(C)C. The number of epoxide rings is 1. The first-order chi connectivity index (χ1) is 6.87. The second kappa shape index (κ2) is 2.94. The molecule has 1 saturated heterocycles. The van der Waals surface area contributed by atoms with Gasteiger partial charge in [0.05, 0.1) is 5.60 Å². The van der Waals surface area contributed by atoms with Gasteiger partial charge < -0.3 is 4.74 Å². The fraction of sp³-hybridized carbons (Fsp3) is 0.769. The molecule has 2 heteroatoms. The van der Waals surface area contributed by atoms with E-state index in [4.69, 9.17) is 4.74 Å². The predicted molar refractivity (Wildman–Crippen MR) is 59.7 cm³/mol. The van der Waals surface area contributed by atoms with E-state index < -0.39 is 0 Å². The maximum atomic E-state index is 11.5. The first-order valence-electron chi connectivity index (χ1n) is 5.72. The Morgan fingerprint density at radius 3 is 2.60 bits per heavy atom. The Hall–Kier alpha value is -0.630. The first kappa shape index (κ1) is 10.9. The molecule has 2 atom stereocenters. The van der Waals surface area contributed by atoms with E-state index in [0.717, 1.165) is 12.8 Å². The topological polar surface area (TPSA) is 29.6 Å². The lowest BCUT2D eigenvalue weighted by Gasteiger charge is -2.37. The van der Waals surface area contributed by atoms with Crippen molar-refractivity contribution in [3.8, 4) is 0 Å². The number of allylic oxidation sites excluding steroid dienone is 1. The van der Waals surface area contributed by atoms with Gasteiger partial charge in [-0.2, -0.15) is 0 Å². The van der Waals surface area contributed by atoms with Gasteiger partial charge in [0.2, 0.25) is 0 Å². The van der Waals surface area contributed by atoms with Crippen molar-refractivity contribution in [3.63, 3.8) is 0 Å². The molecule has 15 heavy (non-hydrogen) atoms. The molecule has 0 N–H and O–H groups in total. The van der Waals surface area contributed by atoms with Crippen molar-refractivity contribution in [1.29, 1.82) is 0 Å². The van der Waals surface area contributed by atoms with E-state index in [1.165, 1.54) is 12.5 Å². The van der Waals surface area contributed by atoms with E-state index >= 15 is 0 Å². The Balaban J connectivity index is 2.25. The molecular weight excluding hydrogens is 188 g/mol. The number of hydrogen-bond donors (Lipinski definition) is 0. The number of ether oxygens (including phenoxy) is 1. The van der Waals surface area contributed by atoms with Crippen LogP contribution in [0.15, 0.2) is 12.7 Å². The zero-order chi connectivity index (χ0) is 11.3. The van der Waals surface area contributed by atoms with Crippen molar-refractivity contribution in [2.45, 2.75) is 57.7 Å². The highest BCUT2D eigenvalue weighted by atomic mass is 16.6. The molecule has 1 saturated carbocycles. The molecule has 84 valence electrons. The second-order valence-electron chi connectivity index (χ2n) is 5.74. The fourth-order valence-corrected chi connectivity index (χ4v) is 3.32. The van der Waals surface area contributed by atoms with Crippen LogP contribution >= 0.6 is 0 Å². The maximum Gasteiger partial charge on any atom is 0.158 e. The minimum Gasteiger partial charge on any atom is -0.362 e. The summed E-state index contributed by atoms with van der Waals surface area (Å²) in [5.74, 6) is 0.105. The Morgan fingerprint density at radius 2 is 2.07 bits per heavy atom. The summed E-state index contributed by atoms with van der Waals surface area (Å²) in [6.45, 7) is 10.1. The third-order valence-corrected chi connectivity index (χ3v) is 4.41. The normalized spacial score (nSPS) is 41.8. The van der Waals surface area contributed by atoms with Crippen LogP contribution in [0.3, 0.4) is 0 Å². The highest BCUT2D eigenvalue weighted by molar-refractivity contribution is 5.90. The summed E-state index contributed by atoms with van der Waals surface area (Å²) < 4.78 is 5.97. The molecule has 1 heterocycles. The lowest BCUT2D eigenvalue weighted by molar-refractivity contribution is -0.117. The summed E-state index contributed by atoms with van der Waals surface area (Å²) in [5, 5.41) is 0. The molecule has 2 aliphatic rings. The number of ketones is 1. The molecule has 0 aromatic rings. The van der Waals surface area contributed by atoms with Crippen LogP contribution in [0.25, 0.3) is 0 Å². The van der Waals surface area contributed by atoms with Gasteiger partial charge in [0, 0.05) is 6.42 Å². The first-order valence-corrected chi connectivity index (χ1v) is 5.72. The molecule has 2 nitrogen and oxygen atoms in total. The minimum absolute atomic E-state index is 0.0621. The van der Waals surface area contributed by atoms with E-state index in [1.54, 1.807) is 0 Å². The predicted octanol–water partition coefficient (Wildman–Crippen LogP) is 2.87. The van der Waals surface area contributed by atoms with Crippen LogP contribution in [0.4, 0.5) is 0 Å². The van der Waals surface area contributed by atoms with E-state index in [1.807, 2.05) is 0 Å². The standard InChI is InChI=1S/C13H20O2/c1-5-10(14)9-13-11(2,3)7-6-8-12(13,4)15-13/h5H,1,6-9H2,2-4H3. The van der Waals surface area contributed by atoms with Crippen LogP contribution < -0.4 is 0 Å². The molecule has 0 amide bonds. The Bertz CT molecular complexity index is 318. The summed E-state index contributed by atoms with van der Waals surface area (Å²) in [4.78, 5) is 11.5. The fourth-order valence-electron chi connectivity index (χ4n) is 3.32. The zero-order valence-electron chi connectivity index (χ0n) is 9.93. The van der Waals surface area contributed by atoms with Crippen LogP contribution in [-0.4, -0.2) is 17.0 Å².